The number of pyridine rings is 1. The van der Waals surface area contributed by atoms with E-state index in [0.29, 0.717) is 4.77 Å². The van der Waals surface area contributed by atoms with Crippen LogP contribution >= 0.6 is 12.2 Å². The summed E-state index contributed by atoms with van der Waals surface area (Å²) < 4.78 is 2.01. The minimum atomic E-state index is 0.412. The van der Waals surface area contributed by atoms with Gasteiger partial charge < -0.3 is 0 Å². The fraction of sp³-hybridized carbons (Fsp3) is 0. The molecule has 2 aromatic rings. The number of tetrazole rings is 1. The molecule has 0 amide bonds. The zero-order valence-corrected chi connectivity index (χ0v) is 6.88. The molecule has 0 unspecified atom stereocenters. The van der Waals surface area contributed by atoms with Gasteiger partial charge in [0.1, 0.15) is 5.69 Å². The molecule has 12 heavy (non-hydrogen) atoms. The number of nitrogens with one attached hydrogen (secondary N) is 2. The van der Waals surface area contributed by atoms with E-state index in [1.165, 1.54) is 0 Å². The highest BCUT2D eigenvalue weighted by atomic mass is 32.1. The van der Waals surface area contributed by atoms with Crippen LogP contribution in [-0.4, -0.2) is 20.2 Å². The molecular weight excluding hydrogens is 174 g/mol. The first-order chi connectivity index (χ1) is 5.88. The van der Waals surface area contributed by atoms with Gasteiger partial charge in [-0.15, -0.1) is 0 Å². The van der Waals surface area contributed by atoms with Crippen molar-refractivity contribution < 1.29 is 4.98 Å². The quantitative estimate of drug-likeness (QED) is 0.635. The highest BCUT2D eigenvalue weighted by Crippen LogP contribution is 1.99. The monoisotopic (exact) mass is 180 g/mol. The molecule has 2 N–H and O–H groups in total. The summed E-state index contributed by atoms with van der Waals surface area (Å²) in [6.45, 7) is 0. The number of aromatic nitrogens is 5. The topological polar surface area (TPSA) is 60.6 Å². The molecule has 0 atom stereocenters. The zero-order valence-electron chi connectivity index (χ0n) is 6.06. The Morgan fingerprint density at radius 1 is 1.58 bits per heavy atom. The maximum Gasteiger partial charge on any atom is 0.243 e. The fourth-order valence-corrected chi connectivity index (χ4v) is 1.08. The SMILES string of the molecule is S=c1nn[nH]n1-c1ccc[nH+]c1. The van der Waals surface area contributed by atoms with Crippen LogP contribution in [0.25, 0.3) is 5.69 Å². The standard InChI is InChI=1S/C6H5N5S/c12-6-8-9-10-11(6)5-2-1-3-7-4-5/h1-4H,(H,8,10,12)/p+1. The number of rotatable bonds is 1. The van der Waals surface area contributed by atoms with E-state index in [-0.39, 0.29) is 0 Å². The molecule has 0 saturated carbocycles. The van der Waals surface area contributed by atoms with Gasteiger partial charge in [-0.2, -0.15) is 5.21 Å². The third kappa shape index (κ3) is 1.12. The second kappa shape index (κ2) is 2.82. The van der Waals surface area contributed by atoms with E-state index in [2.05, 4.69) is 20.5 Å². The molecule has 0 radical (unpaired) electrons. The molecule has 2 aromatic heterocycles. The van der Waals surface area contributed by atoms with Crippen LogP contribution in [0.2, 0.25) is 0 Å². The second-order valence-corrected chi connectivity index (χ2v) is 2.54. The molecule has 60 valence electrons. The normalized spacial score (nSPS) is 10.0. The summed E-state index contributed by atoms with van der Waals surface area (Å²) >= 11 is 4.91. The first-order valence-corrected chi connectivity index (χ1v) is 3.75. The van der Waals surface area contributed by atoms with Crippen LogP contribution in [0.3, 0.4) is 0 Å². The lowest BCUT2D eigenvalue weighted by Gasteiger charge is -1.93. The smallest absolute Gasteiger partial charge is 0.216 e. The molecule has 0 spiro atoms. The van der Waals surface area contributed by atoms with Crippen LogP contribution in [0.15, 0.2) is 24.5 Å². The van der Waals surface area contributed by atoms with E-state index in [1.807, 2.05) is 18.3 Å². The van der Waals surface area contributed by atoms with Gasteiger partial charge in [0.05, 0.1) is 0 Å². The van der Waals surface area contributed by atoms with Gasteiger partial charge in [0, 0.05) is 6.07 Å². The van der Waals surface area contributed by atoms with Crippen LogP contribution < -0.4 is 4.98 Å². The zero-order chi connectivity index (χ0) is 8.39. The van der Waals surface area contributed by atoms with Gasteiger partial charge >= 0.3 is 0 Å². The average molecular weight is 180 g/mol. The Morgan fingerprint density at radius 3 is 3.08 bits per heavy atom. The molecular formula is C6H6N5S+. The van der Waals surface area contributed by atoms with E-state index in [9.17, 15) is 0 Å². The summed E-state index contributed by atoms with van der Waals surface area (Å²) in [5.41, 5.74) is 0.882. The highest BCUT2D eigenvalue weighted by molar-refractivity contribution is 7.71. The maximum atomic E-state index is 4.91. The Labute approximate surface area is 73.1 Å². The lowest BCUT2D eigenvalue weighted by molar-refractivity contribution is -0.377. The van der Waals surface area contributed by atoms with Crippen LogP contribution in [0.4, 0.5) is 0 Å². The van der Waals surface area contributed by atoms with Gasteiger partial charge in [-0.05, 0) is 18.3 Å². The predicted octanol–water partition coefficient (Wildman–Crippen LogP) is 0.139. The van der Waals surface area contributed by atoms with Crippen LogP contribution in [0.5, 0.6) is 0 Å². The van der Waals surface area contributed by atoms with Crippen molar-refractivity contribution in [3.63, 3.8) is 0 Å². The Morgan fingerprint density at radius 2 is 2.50 bits per heavy atom. The summed E-state index contributed by atoms with van der Waals surface area (Å²) in [5, 5.41) is 9.87. The molecule has 0 aromatic carbocycles. The summed E-state index contributed by atoms with van der Waals surface area (Å²) in [7, 11) is 0. The first-order valence-electron chi connectivity index (χ1n) is 3.34. The van der Waals surface area contributed by atoms with Crippen molar-refractivity contribution in [1.29, 1.82) is 0 Å². The Kier molecular flexibility index (Phi) is 1.67. The Bertz CT molecular complexity index is 417. The number of H-pyrrole nitrogens is 2. The number of hydrogen-bond donors (Lipinski definition) is 1. The summed E-state index contributed by atoms with van der Waals surface area (Å²) in [6.07, 6.45) is 3.62. The third-order valence-electron chi connectivity index (χ3n) is 1.42. The van der Waals surface area contributed by atoms with Crippen molar-refractivity contribution >= 4 is 12.2 Å². The molecule has 0 saturated heterocycles. The summed E-state index contributed by atoms with van der Waals surface area (Å²) in [6, 6.07) is 3.77. The number of hydrogen-bond acceptors (Lipinski definition) is 3. The van der Waals surface area contributed by atoms with Crippen molar-refractivity contribution in [3.8, 4) is 5.69 Å². The molecule has 0 aliphatic carbocycles. The van der Waals surface area contributed by atoms with Gasteiger partial charge in [-0.25, -0.2) is 9.67 Å². The van der Waals surface area contributed by atoms with E-state index in [4.69, 9.17) is 12.2 Å². The highest BCUT2D eigenvalue weighted by Gasteiger charge is 1.99. The molecule has 6 heteroatoms. The Hall–Kier alpha value is -1.56. The van der Waals surface area contributed by atoms with Crippen LogP contribution in [0.1, 0.15) is 0 Å². The van der Waals surface area contributed by atoms with Gasteiger partial charge in [-0.3, -0.25) is 0 Å². The minimum Gasteiger partial charge on any atom is -0.216 e. The Balaban J connectivity index is 2.59. The van der Waals surface area contributed by atoms with Gasteiger partial charge in [0.15, 0.2) is 12.4 Å². The largest absolute Gasteiger partial charge is 0.243 e. The van der Waals surface area contributed by atoms with E-state index in [0.717, 1.165) is 5.69 Å². The van der Waals surface area contributed by atoms with E-state index >= 15 is 0 Å². The molecule has 2 heterocycles. The van der Waals surface area contributed by atoms with Gasteiger partial charge in [0.2, 0.25) is 4.77 Å². The van der Waals surface area contributed by atoms with Gasteiger partial charge in [-0.1, -0.05) is 10.3 Å². The fourth-order valence-electron chi connectivity index (χ4n) is 0.888. The molecule has 5 nitrogen and oxygen atoms in total. The molecule has 0 fully saturated rings. The van der Waals surface area contributed by atoms with E-state index in [1.54, 1.807) is 10.9 Å². The number of nitrogens with zero attached hydrogens (tertiary/aromatic N) is 3. The molecule has 0 bridgehead atoms. The van der Waals surface area contributed by atoms with Crippen molar-refractivity contribution in [2.24, 2.45) is 0 Å². The molecule has 2 rings (SSSR count). The lowest BCUT2D eigenvalue weighted by Crippen LogP contribution is -2.04. The number of aromatic amines is 2. The van der Waals surface area contributed by atoms with Crippen molar-refractivity contribution in [2.75, 3.05) is 0 Å². The van der Waals surface area contributed by atoms with Crippen LogP contribution in [0, 0.1) is 4.77 Å². The van der Waals surface area contributed by atoms with Crippen molar-refractivity contribution in [3.05, 3.63) is 29.3 Å². The van der Waals surface area contributed by atoms with Crippen molar-refractivity contribution in [1.82, 2.24) is 20.2 Å². The predicted molar refractivity (Wildman–Crippen MR) is 43.1 cm³/mol. The van der Waals surface area contributed by atoms with E-state index < -0.39 is 0 Å². The average Bonchev–Trinajstić information content (AvgIpc) is 2.53. The minimum absolute atomic E-state index is 0.412. The second-order valence-electron chi connectivity index (χ2n) is 2.18. The lowest BCUT2D eigenvalue weighted by atomic mass is 10.4. The maximum absolute atomic E-state index is 4.91. The summed E-state index contributed by atoms with van der Waals surface area (Å²) in [5.74, 6) is 0. The van der Waals surface area contributed by atoms with Crippen molar-refractivity contribution in [2.45, 2.75) is 0 Å². The molecule has 0 aliphatic rings. The molecule has 0 aliphatic heterocycles. The first kappa shape index (κ1) is 7.11. The summed E-state index contributed by atoms with van der Waals surface area (Å²) in [4.78, 5) is 2.93. The third-order valence-corrected chi connectivity index (χ3v) is 1.68. The van der Waals surface area contributed by atoms with Gasteiger partial charge in [0.25, 0.3) is 0 Å². The van der Waals surface area contributed by atoms with Crippen LogP contribution in [-0.2, 0) is 0 Å².